The topological polar surface area (TPSA) is 38.9 Å². The van der Waals surface area contributed by atoms with Crippen LogP contribution in [0.15, 0.2) is 24.4 Å². The van der Waals surface area contributed by atoms with E-state index in [1.54, 1.807) is 0 Å². The first-order chi connectivity index (χ1) is 5.93. The maximum atomic E-state index is 5.37. The van der Waals surface area contributed by atoms with Gasteiger partial charge in [-0.05, 0) is 24.3 Å². The Bertz CT molecular complexity index is 201. The summed E-state index contributed by atoms with van der Waals surface area (Å²) in [6.45, 7) is 0.771. The highest BCUT2D eigenvalue weighted by atomic mass is 32.2. The van der Waals surface area contributed by atoms with Gasteiger partial charge in [-0.15, -0.1) is 0 Å². The molecule has 2 N–H and O–H groups in total. The Hall–Kier alpha value is -0.540. The van der Waals surface area contributed by atoms with Crippen LogP contribution >= 0.6 is 11.8 Å². The van der Waals surface area contributed by atoms with Gasteiger partial charge < -0.3 is 5.73 Å². The summed E-state index contributed by atoms with van der Waals surface area (Å²) in [5.74, 6) is 2.17. The third-order valence-corrected chi connectivity index (χ3v) is 2.51. The van der Waals surface area contributed by atoms with Gasteiger partial charge in [-0.25, -0.2) is 0 Å². The molecule has 0 unspecified atom stereocenters. The fraction of sp³-hybridized carbons (Fsp3) is 0.444. The molecular weight excluding hydrogens is 168 g/mol. The van der Waals surface area contributed by atoms with E-state index in [9.17, 15) is 0 Å². The number of rotatable bonds is 5. The van der Waals surface area contributed by atoms with Gasteiger partial charge in [-0.1, -0.05) is 6.07 Å². The molecule has 0 fully saturated rings. The van der Waals surface area contributed by atoms with Crippen LogP contribution in [0.5, 0.6) is 0 Å². The van der Waals surface area contributed by atoms with E-state index in [0.29, 0.717) is 0 Å². The SMILES string of the molecule is NCCSCCc1ccccn1. The minimum atomic E-state index is 0.771. The normalized spacial score (nSPS) is 10.1. The molecule has 1 rings (SSSR count). The lowest BCUT2D eigenvalue weighted by atomic mass is 10.3. The van der Waals surface area contributed by atoms with Crippen LogP contribution in [0, 0.1) is 0 Å². The van der Waals surface area contributed by atoms with Gasteiger partial charge in [0.25, 0.3) is 0 Å². The molecule has 0 saturated heterocycles. The highest BCUT2D eigenvalue weighted by Gasteiger charge is 1.92. The van der Waals surface area contributed by atoms with E-state index in [1.807, 2.05) is 30.1 Å². The standard InChI is InChI=1S/C9H14N2S/c10-5-8-12-7-4-9-3-1-2-6-11-9/h1-3,6H,4-5,7-8,10H2. The first-order valence-electron chi connectivity index (χ1n) is 4.11. The molecule has 0 spiro atoms. The summed E-state index contributed by atoms with van der Waals surface area (Å²) < 4.78 is 0. The molecule has 2 nitrogen and oxygen atoms in total. The molecule has 0 aliphatic rings. The molecule has 1 heterocycles. The molecular formula is C9H14N2S. The summed E-state index contributed by atoms with van der Waals surface area (Å²) in [5, 5.41) is 0. The second kappa shape index (κ2) is 6.03. The van der Waals surface area contributed by atoms with Crippen LogP contribution in [0.3, 0.4) is 0 Å². The Morgan fingerprint density at radius 3 is 2.92 bits per heavy atom. The number of aryl methyl sites for hydroxylation is 1. The van der Waals surface area contributed by atoms with Gasteiger partial charge in [0.15, 0.2) is 0 Å². The van der Waals surface area contributed by atoms with E-state index >= 15 is 0 Å². The van der Waals surface area contributed by atoms with Gasteiger partial charge in [0.2, 0.25) is 0 Å². The van der Waals surface area contributed by atoms with Crippen LogP contribution < -0.4 is 5.73 Å². The van der Waals surface area contributed by atoms with Crippen LogP contribution in [0.1, 0.15) is 5.69 Å². The fourth-order valence-corrected chi connectivity index (χ4v) is 1.63. The highest BCUT2D eigenvalue weighted by molar-refractivity contribution is 7.99. The van der Waals surface area contributed by atoms with E-state index in [-0.39, 0.29) is 0 Å². The maximum absolute atomic E-state index is 5.37. The smallest absolute Gasteiger partial charge is 0.0411 e. The van der Waals surface area contributed by atoms with Crippen molar-refractivity contribution in [2.24, 2.45) is 5.73 Å². The molecule has 0 aliphatic carbocycles. The first kappa shape index (κ1) is 9.55. The number of thioether (sulfide) groups is 1. The predicted octanol–water partition coefficient (Wildman–Crippen LogP) is 1.32. The lowest BCUT2D eigenvalue weighted by Crippen LogP contribution is -2.02. The number of nitrogens with two attached hydrogens (primary N) is 1. The van der Waals surface area contributed by atoms with E-state index in [2.05, 4.69) is 11.1 Å². The molecule has 0 saturated carbocycles. The van der Waals surface area contributed by atoms with Gasteiger partial charge in [0.05, 0.1) is 0 Å². The van der Waals surface area contributed by atoms with Crippen molar-refractivity contribution < 1.29 is 0 Å². The summed E-state index contributed by atoms with van der Waals surface area (Å²) in [5.41, 5.74) is 6.54. The van der Waals surface area contributed by atoms with Crippen LogP contribution in [0.25, 0.3) is 0 Å². The van der Waals surface area contributed by atoms with Crippen molar-refractivity contribution in [1.82, 2.24) is 4.98 Å². The Morgan fingerprint density at radius 1 is 1.33 bits per heavy atom. The van der Waals surface area contributed by atoms with E-state index in [0.717, 1.165) is 24.5 Å². The molecule has 0 aromatic carbocycles. The number of hydrogen-bond donors (Lipinski definition) is 1. The van der Waals surface area contributed by atoms with Crippen LogP contribution in [0.2, 0.25) is 0 Å². The first-order valence-corrected chi connectivity index (χ1v) is 5.26. The molecule has 3 heteroatoms. The zero-order valence-corrected chi connectivity index (χ0v) is 7.89. The van der Waals surface area contributed by atoms with Crippen LogP contribution in [-0.4, -0.2) is 23.0 Å². The van der Waals surface area contributed by atoms with Crippen LogP contribution in [0.4, 0.5) is 0 Å². The van der Waals surface area contributed by atoms with Crippen molar-refractivity contribution in [2.45, 2.75) is 6.42 Å². The number of aromatic nitrogens is 1. The number of nitrogens with zero attached hydrogens (tertiary/aromatic N) is 1. The number of hydrogen-bond acceptors (Lipinski definition) is 3. The molecule has 0 atom stereocenters. The van der Waals surface area contributed by atoms with Crippen molar-refractivity contribution in [2.75, 3.05) is 18.1 Å². The Kier molecular flexibility index (Phi) is 4.80. The molecule has 0 aliphatic heterocycles. The van der Waals surface area contributed by atoms with Gasteiger partial charge in [-0.2, -0.15) is 11.8 Å². The summed E-state index contributed by atoms with van der Waals surface area (Å²) in [4.78, 5) is 4.23. The lowest BCUT2D eigenvalue weighted by molar-refractivity contribution is 1.04. The zero-order valence-electron chi connectivity index (χ0n) is 7.07. The largest absolute Gasteiger partial charge is 0.330 e. The van der Waals surface area contributed by atoms with Gasteiger partial charge in [0.1, 0.15) is 0 Å². The Balaban J connectivity index is 2.16. The van der Waals surface area contributed by atoms with Crippen molar-refractivity contribution >= 4 is 11.8 Å². The van der Waals surface area contributed by atoms with E-state index in [1.165, 1.54) is 5.69 Å². The third kappa shape index (κ3) is 3.74. The summed E-state index contributed by atoms with van der Waals surface area (Å²) in [6.07, 6.45) is 2.88. The second-order valence-corrected chi connectivity index (χ2v) is 3.70. The molecule has 1 aromatic rings. The molecule has 12 heavy (non-hydrogen) atoms. The number of pyridine rings is 1. The van der Waals surface area contributed by atoms with E-state index in [4.69, 9.17) is 5.73 Å². The molecule has 0 amide bonds. The molecule has 1 aromatic heterocycles. The van der Waals surface area contributed by atoms with Gasteiger partial charge in [-0.3, -0.25) is 4.98 Å². The van der Waals surface area contributed by atoms with Crippen molar-refractivity contribution in [3.8, 4) is 0 Å². The average molecular weight is 182 g/mol. The highest BCUT2D eigenvalue weighted by Crippen LogP contribution is 2.03. The van der Waals surface area contributed by atoms with Gasteiger partial charge in [0, 0.05) is 24.2 Å². The minimum Gasteiger partial charge on any atom is -0.330 e. The molecule has 66 valence electrons. The third-order valence-electron chi connectivity index (χ3n) is 1.49. The minimum absolute atomic E-state index is 0.771. The monoisotopic (exact) mass is 182 g/mol. The Labute approximate surface area is 77.6 Å². The molecule has 0 bridgehead atoms. The zero-order chi connectivity index (χ0) is 8.65. The van der Waals surface area contributed by atoms with Crippen LogP contribution in [-0.2, 0) is 6.42 Å². The Morgan fingerprint density at radius 2 is 2.25 bits per heavy atom. The molecule has 0 radical (unpaired) electrons. The quantitative estimate of drug-likeness (QED) is 0.698. The maximum Gasteiger partial charge on any atom is 0.0411 e. The lowest BCUT2D eigenvalue weighted by Gasteiger charge is -1.98. The predicted molar refractivity (Wildman–Crippen MR) is 54.3 cm³/mol. The van der Waals surface area contributed by atoms with Crippen molar-refractivity contribution in [3.63, 3.8) is 0 Å². The van der Waals surface area contributed by atoms with Crippen molar-refractivity contribution in [3.05, 3.63) is 30.1 Å². The summed E-state index contributed by atoms with van der Waals surface area (Å²) >= 11 is 1.88. The summed E-state index contributed by atoms with van der Waals surface area (Å²) in [6, 6.07) is 6.02. The van der Waals surface area contributed by atoms with Crippen molar-refractivity contribution in [1.29, 1.82) is 0 Å². The van der Waals surface area contributed by atoms with E-state index < -0.39 is 0 Å². The second-order valence-electron chi connectivity index (χ2n) is 2.47. The fourth-order valence-electron chi connectivity index (χ4n) is 0.908. The average Bonchev–Trinajstić information content (AvgIpc) is 2.14. The van der Waals surface area contributed by atoms with Gasteiger partial charge >= 0.3 is 0 Å². The summed E-state index contributed by atoms with van der Waals surface area (Å²) in [7, 11) is 0.